The van der Waals surface area contributed by atoms with Gasteiger partial charge in [0.25, 0.3) is 0 Å². The predicted octanol–water partition coefficient (Wildman–Crippen LogP) is 4.74. The maximum atomic E-state index is 12.8. The fourth-order valence-electron chi connectivity index (χ4n) is 3.03. The van der Waals surface area contributed by atoms with Gasteiger partial charge in [0.2, 0.25) is 7.37 Å². The zero-order valence-electron chi connectivity index (χ0n) is 18.2. The fraction of sp³-hybridized carbons (Fsp3) is 0.391. The Bertz CT molecular complexity index is 937. The van der Waals surface area contributed by atoms with E-state index in [1.165, 1.54) is 6.92 Å². The summed E-state index contributed by atoms with van der Waals surface area (Å²) in [6.45, 7) is 6.41. The summed E-state index contributed by atoms with van der Waals surface area (Å²) >= 11 is 0. The van der Waals surface area contributed by atoms with Crippen LogP contribution in [0.2, 0.25) is 0 Å². The molecule has 2 aromatic rings. The SMILES string of the molecule is CC(NC(=O)OC(C)(C)C)P(=O)(O)CC(Cc1ccc(-c2ccccc2)cc1)C(=O)O. The molecule has 0 bridgehead atoms. The Labute approximate surface area is 182 Å². The summed E-state index contributed by atoms with van der Waals surface area (Å²) in [5.41, 5.74) is 2.04. The van der Waals surface area contributed by atoms with Crippen LogP contribution >= 0.6 is 7.37 Å². The van der Waals surface area contributed by atoms with Gasteiger partial charge in [-0.15, -0.1) is 0 Å². The Morgan fingerprint density at radius 1 is 1.03 bits per heavy atom. The summed E-state index contributed by atoms with van der Waals surface area (Å²) in [6, 6.07) is 17.2. The quantitative estimate of drug-likeness (QED) is 0.504. The minimum atomic E-state index is -4.00. The molecule has 3 unspecified atom stereocenters. The van der Waals surface area contributed by atoms with Crippen LogP contribution in [0.4, 0.5) is 4.79 Å². The molecule has 0 radical (unpaired) electrons. The first-order chi connectivity index (χ1) is 14.4. The summed E-state index contributed by atoms with van der Waals surface area (Å²) < 4.78 is 17.9. The molecule has 0 aliphatic rings. The van der Waals surface area contributed by atoms with Gasteiger partial charge in [0.1, 0.15) is 11.4 Å². The number of rotatable bonds is 8. The third-order valence-electron chi connectivity index (χ3n) is 4.71. The Kier molecular flexibility index (Phi) is 8.04. The van der Waals surface area contributed by atoms with Crippen LogP contribution < -0.4 is 5.32 Å². The van der Waals surface area contributed by atoms with E-state index in [1.54, 1.807) is 20.8 Å². The van der Waals surface area contributed by atoms with Crippen molar-refractivity contribution in [3.05, 3.63) is 60.2 Å². The molecule has 0 aliphatic carbocycles. The van der Waals surface area contributed by atoms with Gasteiger partial charge >= 0.3 is 12.1 Å². The van der Waals surface area contributed by atoms with Gasteiger partial charge in [-0.25, -0.2) is 4.79 Å². The van der Waals surface area contributed by atoms with Crippen LogP contribution in [0.15, 0.2) is 54.6 Å². The number of hydrogen-bond acceptors (Lipinski definition) is 4. The lowest BCUT2D eigenvalue weighted by Crippen LogP contribution is -2.38. The molecule has 0 aromatic heterocycles. The van der Waals surface area contributed by atoms with Crippen LogP contribution in [0, 0.1) is 5.92 Å². The summed E-state index contributed by atoms with van der Waals surface area (Å²) in [6.07, 6.45) is -1.17. The van der Waals surface area contributed by atoms with Crippen molar-refractivity contribution in [1.29, 1.82) is 0 Å². The topological polar surface area (TPSA) is 113 Å². The van der Waals surface area contributed by atoms with E-state index in [2.05, 4.69) is 5.32 Å². The van der Waals surface area contributed by atoms with Crippen LogP contribution in [0.25, 0.3) is 11.1 Å². The smallest absolute Gasteiger partial charge is 0.408 e. The molecular formula is C23H30NO6P. The Hall–Kier alpha value is -2.63. The van der Waals surface area contributed by atoms with Crippen LogP contribution in [0.3, 0.4) is 0 Å². The normalized spacial score (nSPS) is 15.4. The predicted molar refractivity (Wildman–Crippen MR) is 120 cm³/mol. The monoisotopic (exact) mass is 447 g/mol. The van der Waals surface area contributed by atoms with E-state index in [9.17, 15) is 24.2 Å². The molecule has 1 amide bonds. The number of carbonyl (C=O) groups excluding carboxylic acids is 1. The van der Waals surface area contributed by atoms with Gasteiger partial charge in [0.15, 0.2) is 0 Å². The van der Waals surface area contributed by atoms with Crippen molar-refractivity contribution in [1.82, 2.24) is 5.32 Å². The second-order valence-electron chi connectivity index (χ2n) is 8.56. The van der Waals surface area contributed by atoms with E-state index in [0.29, 0.717) is 0 Å². The van der Waals surface area contributed by atoms with E-state index in [0.717, 1.165) is 16.7 Å². The van der Waals surface area contributed by atoms with E-state index in [1.807, 2.05) is 54.6 Å². The van der Waals surface area contributed by atoms with Crippen molar-refractivity contribution >= 4 is 19.4 Å². The van der Waals surface area contributed by atoms with Crippen LogP contribution in [0.5, 0.6) is 0 Å². The number of benzene rings is 2. The van der Waals surface area contributed by atoms with Gasteiger partial charge in [-0.3, -0.25) is 9.36 Å². The van der Waals surface area contributed by atoms with Crippen LogP contribution in [-0.2, 0) is 20.5 Å². The number of carboxylic acid groups (broad SMARTS) is 1. The Morgan fingerprint density at radius 2 is 1.58 bits per heavy atom. The van der Waals surface area contributed by atoms with Crippen molar-refractivity contribution in [2.75, 3.05) is 6.16 Å². The fourth-order valence-corrected chi connectivity index (χ4v) is 4.57. The zero-order chi connectivity index (χ0) is 23.2. The molecule has 8 heteroatoms. The standard InChI is InChI=1S/C23H30NO6P/c1-16(24-22(27)30-23(2,3)4)31(28,29)15-20(21(25)26)14-17-10-12-19(13-11-17)18-8-6-5-7-9-18/h5-13,16,20H,14-15H2,1-4H3,(H,24,27)(H,25,26)(H,28,29). The van der Waals surface area contributed by atoms with Gasteiger partial charge in [-0.1, -0.05) is 54.6 Å². The number of ether oxygens (including phenoxy) is 1. The molecule has 3 N–H and O–H groups in total. The van der Waals surface area contributed by atoms with Gasteiger partial charge in [-0.05, 0) is 50.8 Å². The molecular weight excluding hydrogens is 417 g/mol. The lowest BCUT2D eigenvalue weighted by Gasteiger charge is -2.25. The molecule has 0 saturated carbocycles. The first kappa shape index (κ1) is 24.6. The largest absolute Gasteiger partial charge is 0.481 e. The minimum Gasteiger partial charge on any atom is -0.481 e. The highest BCUT2D eigenvalue weighted by atomic mass is 31.2. The highest BCUT2D eigenvalue weighted by Gasteiger charge is 2.35. The average molecular weight is 447 g/mol. The summed E-state index contributed by atoms with van der Waals surface area (Å²) in [5, 5.41) is 11.9. The highest BCUT2D eigenvalue weighted by molar-refractivity contribution is 7.58. The first-order valence-electron chi connectivity index (χ1n) is 10.1. The zero-order valence-corrected chi connectivity index (χ0v) is 19.1. The molecule has 3 atom stereocenters. The van der Waals surface area contributed by atoms with Crippen molar-refractivity contribution < 1.29 is 28.9 Å². The van der Waals surface area contributed by atoms with E-state index >= 15 is 0 Å². The number of hydrogen-bond donors (Lipinski definition) is 3. The molecule has 0 spiro atoms. The number of aliphatic carboxylic acids is 1. The summed E-state index contributed by atoms with van der Waals surface area (Å²) in [7, 11) is -4.00. The third-order valence-corrected chi connectivity index (χ3v) is 7.01. The molecule has 0 fully saturated rings. The molecule has 0 aliphatic heterocycles. The molecule has 0 saturated heterocycles. The van der Waals surface area contributed by atoms with Gasteiger partial charge in [-0.2, -0.15) is 0 Å². The van der Waals surface area contributed by atoms with Gasteiger partial charge in [0, 0.05) is 6.16 Å². The van der Waals surface area contributed by atoms with Crippen molar-refractivity contribution in [2.24, 2.45) is 5.92 Å². The third kappa shape index (κ3) is 7.85. The average Bonchev–Trinajstić information content (AvgIpc) is 2.67. The number of alkyl carbamates (subject to hydrolysis) is 1. The Morgan fingerprint density at radius 3 is 2.10 bits per heavy atom. The number of amides is 1. The second kappa shape index (κ2) is 10.1. The highest BCUT2D eigenvalue weighted by Crippen LogP contribution is 2.47. The lowest BCUT2D eigenvalue weighted by molar-refractivity contribution is -0.141. The molecule has 168 valence electrons. The van der Waals surface area contributed by atoms with Gasteiger partial charge < -0.3 is 20.1 Å². The number of carbonyl (C=O) groups is 2. The van der Waals surface area contributed by atoms with E-state index in [-0.39, 0.29) is 6.42 Å². The molecule has 31 heavy (non-hydrogen) atoms. The van der Waals surface area contributed by atoms with Crippen molar-refractivity contribution in [3.8, 4) is 11.1 Å². The lowest BCUT2D eigenvalue weighted by atomic mass is 9.98. The molecule has 7 nitrogen and oxygen atoms in total. The number of nitrogens with one attached hydrogen (secondary N) is 1. The molecule has 0 heterocycles. The van der Waals surface area contributed by atoms with E-state index in [4.69, 9.17) is 4.74 Å². The summed E-state index contributed by atoms with van der Waals surface area (Å²) in [5.74, 6) is -3.36. The van der Waals surface area contributed by atoms with E-state index < -0.39 is 42.9 Å². The summed E-state index contributed by atoms with van der Waals surface area (Å²) in [4.78, 5) is 34.1. The van der Waals surface area contributed by atoms with Crippen molar-refractivity contribution in [2.45, 2.75) is 45.5 Å². The Balaban J connectivity index is 2.05. The maximum absolute atomic E-state index is 12.8. The number of carboxylic acids is 1. The molecule has 2 rings (SSSR count). The maximum Gasteiger partial charge on any atom is 0.408 e. The van der Waals surface area contributed by atoms with Crippen LogP contribution in [-0.4, -0.2) is 39.6 Å². The second-order valence-corrected chi connectivity index (χ2v) is 11.2. The van der Waals surface area contributed by atoms with Crippen molar-refractivity contribution in [3.63, 3.8) is 0 Å². The molecule has 2 aromatic carbocycles. The van der Waals surface area contributed by atoms with Crippen LogP contribution in [0.1, 0.15) is 33.3 Å². The van der Waals surface area contributed by atoms with Gasteiger partial charge in [0.05, 0.1) is 5.92 Å². The first-order valence-corrected chi connectivity index (χ1v) is 12.0. The minimum absolute atomic E-state index is 0.105.